The van der Waals surface area contributed by atoms with E-state index in [0.717, 1.165) is 46.3 Å². The molecule has 2 aromatic carbocycles. The lowest BCUT2D eigenvalue weighted by Crippen LogP contribution is -2.35. The van der Waals surface area contributed by atoms with E-state index in [9.17, 15) is 13.2 Å². The Hall–Kier alpha value is -2.42. The molecule has 3 aromatic rings. The number of carbonyl (C=O) groups is 1. The zero-order valence-corrected chi connectivity index (χ0v) is 19.9. The number of anilines is 1. The maximum Gasteiger partial charge on any atom is 0.243 e. The molecule has 0 atom stereocenters. The van der Waals surface area contributed by atoms with Gasteiger partial charge in [-0.05, 0) is 62.1 Å². The maximum atomic E-state index is 13.0. The van der Waals surface area contributed by atoms with Crippen molar-refractivity contribution in [3.05, 3.63) is 59.7 Å². The second-order valence-electron chi connectivity index (χ2n) is 8.07. The summed E-state index contributed by atoms with van der Waals surface area (Å²) in [5, 5.41) is 4.76. The smallest absolute Gasteiger partial charge is 0.243 e. The largest absolute Gasteiger partial charge is 0.325 e. The summed E-state index contributed by atoms with van der Waals surface area (Å²) in [6.45, 7) is 4.99. The van der Waals surface area contributed by atoms with Crippen LogP contribution in [0.5, 0.6) is 0 Å². The lowest BCUT2D eigenvalue weighted by atomic mass is 10.1. The number of pyridine rings is 1. The highest BCUT2D eigenvalue weighted by atomic mass is 32.2. The zero-order valence-electron chi connectivity index (χ0n) is 18.3. The predicted molar refractivity (Wildman–Crippen MR) is 130 cm³/mol. The first-order chi connectivity index (χ1) is 15.3. The number of amides is 1. The molecule has 0 bridgehead atoms. The lowest BCUT2D eigenvalue weighted by molar-refractivity contribution is -0.113. The SMILES string of the molecule is Cc1ccc(S(=O)(=O)N2CCCCC2)cc1NC(=O)CSc1cc(C)c2ccccc2n1. The summed E-state index contributed by atoms with van der Waals surface area (Å²) < 4.78 is 27.5. The summed E-state index contributed by atoms with van der Waals surface area (Å²) in [5.74, 6) is -0.00826. The number of carbonyl (C=O) groups excluding carboxylic acids is 1. The van der Waals surface area contributed by atoms with Gasteiger partial charge in [0.15, 0.2) is 0 Å². The van der Waals surface area contributed by atoms with E-state index in [0.29, 0.717) is 18.8 Å². The number of benzene rings is 2. The Morgan fingerprint density at radius 1 is 1.03 bits per heavy atom. The molecule has 1 aromatic heterocycles. The molecule has 1 aliphatic heterocycles. The molecule has 0 radical (unpaired) electrons. The molecule has 0 saturated carbocycles. The summed E-state index contributed by atoms with van der Waals surface area (Å²) in [5.41, 5.74) is 3.36. The van der Waals surface area contributed by atoms with Crippen LogP contribution in [0.3, 0.4) is 0 Å². The summed E-state index contributed by atoms with van der Waals surface area (Å²) in [7, 11) is -3.55. The van der Waals surface area contributed by atoms with Crippen molar-refractivity contribution in [2.75, 3.05) is 24.2 Å². The summed E-state index contributed by atoms with van der Waals surface area (Å²) >= 11 is 1.37. The van der Waals surface area contributed by atoms with Crippen molar-refractivity contribution in [3.63, 3.8) is 0 Å². The standard InChI is InChI=1S/C24H27N3O3S2/c1-17-10-11-19(32(29,30)27-12-6-3-7-13-27)15-22(17)25-23(28)16-31-24-14-18(2)20-8-4-5-9-21(20)26-24/h4-5,8-11,14-15H,3,6-7,12-13,16H2,1-2H3,(H,25,28). The molecule has 2 heterocycles. The van der Waals surface area contributed by atoms with Gasteiger partial charge in [-0.2, -0.15) is 4.31 Å². The van der Waals surface area contributed by atoms with Crippen molar-refractivity contribution in [1.82, 2.24) is 9.29 Å². The van der Waals surface area contributed by atoms with Gasteiger partial charge in [0, 0.05) is 24.2 Å². The molecule has 0 aliphatic carbocycles. The molecule has 0 unspecified atom stereocenters. The van der Waals surface area contributed by atoms with Gasteiger partial charge in [0.05, 0.1) is 21.2 Å². The van der Waals surface area contributed by atoms with Crippen molar-refractivity contribution < 1.29 is 13.2 Å². The number of nitrogens with zero attached hydrogens (tertiary/aromatic N) is 2. The lowest BCUT2D eigenvalue weighted by Gasteiger charge is -2.26. The van der Waals surface area contributed by atoms with E-state index >= 15 is 0 Å². The molecule has 8 heteroatoms. The number of rotatable bonds is 6. The van der Waals surface area contributed by atoms with Crippen LogP contribution in [-0.4, -0.2) is 42.5 Å². The van der Waals surface area contributed by atoms with Gasteiger partial charge in [0.2, 0.25) is 15.9 Å². The first-order valence-corrected chi connectivity index (χ1v) is 13.2. The van der Waals surface area contributed by atoms with Crippen LogP contribution < -0.4 is 5.32 Å². The minimum Gasteiger partial charge on any atom is -0.325 e. The minimum atomic E-state index is -3.55. The van der Waals surface area contributed by atoms with Crippen LogP contribution in [0, 0.1) is 13.8 Å². The number of fused-ring (bicyclic) bond motifs is 1. The second-order valence-corrected chi connectivity index (χ2v) is 11.0. The van der Waals surface area contributed by atoms with Crippen LogP contribution in [0.25, 0.3) is 10.9 Å². The fourth-order valence-electron chi connectivity index (χ4n) is 3.87. The number of thioether (sulfide) groups is 1. The van der Waals surface area contributed by atoms with Crippen LogP contribution in [0.15, 0.2) is 58.5 Å². The topological polar surface area (TPSA) is 79.4 Å². The second kappa shape index (κ2) is 9.60. The first-order valence-electron chi connectivity index (χ1n) is 10.7. The third kappa shape index (κ3) is 4.98. The number of para-hydroxylation sites is 1. The monoisotopic (exact) mass is 469 g/mol. The molecule has 32 heavy (non-hydrogen) atoms. The Morgan fingerprint density at radius 3 is 2.56 bits per heavy atom. The third-order valence-electron chi connectivity index (χ3n) is 5.69. The normalized spacial score (nSPS) is 15.1. The molecule has 168 valence electrons. The van der Waals surface area contributed by atoms with Gasteiger partial charge in [0.1, 0.15) is 0 Å². The highest BCUT2D eigenvalue weighted by Gasteiger charge is 2.26. The Bertz CT molecular complexity index is 1250. The summed E-state index contributed by atoms with van der Waals surface area (Å²) in [6, 6.07) is 14.8. The Balaban J connectivity index is 1.46. The Kier molecular flexibility index (Phi) is 6.83. The molecule has 0 spiro atoms. The number of nitrogens with one attached hydrogen (secondary N) is 1. The predicted octanol–water partition coefficient (Wildman–Crippen LogP) is 4.76. The van der Waals surface area contributed by atoms with Crippen LogP contribution in [0.4, 0.5) is 5.69 Å². The van der Waals surface area contributed by atoms with Gasteiger partial charge >= 0.3 is 0 Å². The summed E-state index contributed by atoms with van der Waals surface area (Å²) in [4.78, 5) is 17.5. The Morgan fingerprint density at radius 2 is 1.78 bits per heavy atom. The molecular weight excluding hydrogens is 442 g/mol. The number of hydrogen-bond acceptors (Lipinski definition) is 5. The molecule has 1 amide bonds. The van der Waals surface area contributed by atoms with Crippen molar-refractivity contribution in [2.24, 2.45) is 0 Å². The van der Waals surface area contributed by atoms with E-state index in [1.807, 2.05) is 44.2 Å². The van der Waals surface area contributed by atoms with Crippen LogP contribution >= 0.6 is 11.8 Å². The number of sulfonamides is 1. The molecule has 1 aliphatic rings. The van der Waals surface area contributed by atoms with Crippen LogP contribution in [0.2, 0.25) is 0 Å². The third-order valence-corrected chi connectivity index (χ3v) is 8.49. The van der Waals surface area contributed by atoms with Crippen molar-refractivity contribution in [1.29, 1.82) is 0 Å². The average molecular weight is 470 g/mol. The number of hydrogen-bond donors (Lipinski definition) is 1. The molecule has 1 N–H and O–H groups in total. The Labute approximate surface area is 193 Å². The van der Waals surface area contributed by atoms with Gasteiger partial charge in [-0.25, -0.2) is 13.4 Å². The van der Waals surface area contributed by atoms with Crippen molar-refractivity contribution in [3.8, 4) is 0 Å². The van der Waals surface area contributed by atoms with Crippen LogP contribution in [0.1, 0.15) is 30.4 Å². The molecule has 6 nitrogen and oxygen atoms in total. The highest BCUT2D eigenvalue weighted by Crippen LogP contribution is 2.27. The quantitative estimate of drug-likeness (QED) is 0.527. The van der Waals surface area contributed by atoms with Gasteiger partial charge in [0.25, 0.3) is 0 Å². The fourth-order valence-corrected chi connectivity index (χ4v) is 6.19. The molecule has 1 fully saturated rings. The number of aryl methyl sites for hydroxylation is 2. The van der Waals surface area contributed by atoms with Gasteiger partial charge in [-0.3, -0.25) is 4.79 Å². The zero-order chi connectivity index (χ0) is 22.7. The van der Waals surface area contributed by atoms with Gasteiger partial charge < -0.3 is 5.32 Å². The first kappa shape index (κ1) is 22.8. The van der Waals surface area contributed by atoms with Gasteiger partial charge in [-0.1, -0.05) is 42.4 Å². The molecule has 1 saturated heterocycles. The van der Waals surface area contributed by atoms with E-state index in [4.69, 9.17) is 0 Å². The fraction of sp³-hybridized carbons (Fsp3) is 0.333. The maximum absolute atomic E-state index is 13.0. The van der Waals surface area contributed by atoms with E-state index in [2.05, 4.69) is 10.3 Å². The van der Waals surface area contributed by atoms with E-state index < -0.39 is 10.0 Å². The minimum absolute atomic E-state index is 0.188. The van der Waals surface area contributed by atoms with Crippen molar-refractivity contribution in [2.45, 2.75) is 43.0 Å². The van der Waals surface area contributed by atoms with Gasteiger partial charge in [-0.15, -0.1) is 0 Å². The van der Waals surface area contributed by atoms with E-state index in [1.54, 1.807) is 18.2 Å². The highest BCUT2D eigenvalue weighted by molar-refractivity contribution is 7.99. The van der Waals surface area contributed by atoms with Crippen LogP contribution in [-0.2, 0) is 14.8 Å². The summed E-state index contributed by atoms with van der Waals surface area (Å²) in [6.07, 6.45) is 2.83. The van der Waals surface area contributed by atoms with Crippen molar-refractivity contribution >= 4 is 44.3 Å². The average Bonchev–Trinajstić information content (AvgIpc) is 2.80. The molecular formula is C24H27N3O3S2. The van der Waals surface area contributed by atoms with E-state index in [-0.39, 0.29) is 16.6 Å². The number of piperidine rings is 1. The number of aromatic nitrogens is 1. The van der Waals surface area contributed by atoms with E-state index in [1.165, 1.54) is 16.1 Å². The molecule has 4 rings (SSSR count).